The molecule has 1 aliphatic heterocycles. The number of benzene rings is 1. The molecular formula is C15H20O3. The highest BCUT2D eigenvalue weighted by Gasteiger charge is 2.48. The molecule has 2 rings (SSSR count). The number of allylic oxidation sites excluding steroid dienone is 1. The van der Waals surface area contributed by atoms with Crippen LogP contribution in [0.1, 0.15) is 37.3 Å². The Hall–Kier alpha value is -1.48. The van der Waals surface area contributed by atoms with Gasteiger partial charge in [-0.25, -0.2) is 0 Å². The van der Waals surface area contributed by atoms with E-state index in [2.05, 4.69) is 6.58 Å². The lowest BCUT2D eigenvalue weighted by atomic mass is 9.90. The van der Waals surface area contributed by atoms with Gasteiger partial charge in [-0.05, 0) is 44.9 Å². The molecule has 0 spiro atoms. The summed E-state index contributed by atoms with van der Waals surface area (Å²) in [7, 11) is 0. The Morgan fingerprint density at radius 1 is 1.39 bits per heavy atom. The highest BCUT2D eigenvalue weighted by molar-refractivity contribution is 5.47. The van der Waals surface area contributed by atoms with Crippen molar-refractivity contribution in [1.82, 2.24) is 0 Å². The number of aromatic hydroxyl groups is 2. The molecule has 2 unspecified atom stereocenters. The molecule has 0 saturated carbocycles. The molecule has 1 aromatic rings. The fraction of sp³-hybridized carbons (Fsp3) is 0.467. The van der Waals surface area contributed by atoms with Crippen LogP contribution in [0.15, 0.2) is 24.8 Å². The third-order valence-electron chi connectivity index (χ3n) is 3.66. The van der Waals surface area contributed by atoms with E-state index in [0.29, 0.717) is 11.1 Å². The van der Waals surface area contributed by atoms with Crippen molar-refractivity contribution >= 4 is 0 Å². The third-order valence-corrected chi connectivity index (χ3v) is 3.66. The summed E-state index contributed by atoms with van der Waals surface area (Å²) in [4.78, 5) is 0. The summed E-state index contributed by atoms with van der Waals surface area (Å²) in [6.45, 7) is 9.66. The summed E-state index contributed by atoms with van der Waals surface area (Å²) in [5.41, 5.74) is 1.30. The van der Waals surface area contributed by atoms with Crippen LogP contribution >= 0.6 is 0 Å². The average Bonchev–Trinajstić information content (AvgIpc) is 2.88. The summed E-state index contributed by atoms with van der Waals surface area (Å²) in [6, 6.07) is 3.20. The van der Waals surface area contributed by atoms with Crippen LogP contribution in [0.3, 0.4) is 0 Å². The number of phenols is 2. The van der Waals surface area contributed by atoms with Crippen LogP contribution in [-0.4, -0.2) is 21.9 Å². The van der Waals surface area contributed by atoms with E-state index >= 15 is 0 Å². The first-order valence-electron chi connectivity index (χ1n) is 6.18. The minimum atomic E-state index is -0.0797. The van der Waals surface area contributed by atoms with Gasteiger partial charge in [0, 0.05) is 11.5 Å². The first-order chi connectivity index (χ1) is 8.35. The minimum Gasteiger partial charge on any atom is -0.508 e. The van der Waals surface area contributed by atoms with Crippen molar-refractivity contribution in [2.75, 3.05) is 0 Å². The molecule has 1 aliphatic rings. The molecule has 0 amide bonds. The van der Waals surface area contributed by atoms with Gasteiger partial charge in [0.15, 0.2) is 0 Å². The van der Waals surface area contributed by atoms with E-state index in [4.69, 9.17) is 4.74 Å². The molecule has 98 valence electrons. The van der Waals surface area contributed by atoms with Crippen molar-refractivity contribution in [3.05, 3.63) is 35.9 Å². The molecule has 0 aromatic heterocycles. The molecule has 0 aliphatic carbocycles. The zero-order valence-electron chi connectivity index (χ0n) is 11.1. The smallest absolute Gasteiger partial charge is 0.119 e. The van der Waals surface area contributed by atoms with Gasteiger partial charge < -0.3 is 14.9 Å². The molecular weight excluding hydrogens is 228 g/mol. The van der Waals surface area contributed by atoms with E-state index < -0.39 is 0 Å². The molecule has 1 fully saturated rings. The predicted molar refractivity (Wildman–Crippen MR) is 71.0 cm³/mol. The fourth-order valence-corrected chi connectivity index (χ4v) is 2.24. The van der Waals surface area contributed by atoms with Gasteiger partial charge in [0.25, 0.3) is 0 Å². The normalized spacial score (nSPS) is 22.5. The van der Waals surface area contributed by atoms with Gasteiger partial charge in [0.05, 0.1) is 11.7 Å². The number of aryl methyl sites for hydroxylation is 1. The van der Waals surface area contributed by atoms with Crippen LogP contribution in [0, 0.1) is 6.92 Å². The largest absolute Gasteiger partial charge is 0.508 e. The van der Waals surface area contributed by atoms with Gasteiger partial charge in [-0.15, -0.1) is 6.58 Å². The molecule has 18 heavy (non-hydrogen) atoms. The van der Waals surface area contributed by atoms with Crippen molar-refractivity contribution in [3.8, 4) is 11.5 Å². The van der Waals surface area contributed by atoms with E-state index in [1.807, 2.05) is 13.8 Å². The zero-order chi connectivity index (χ0) is 13.5. The molecule has 3 heteroatoms. The van der Waals surface area contributed by atoms with E-state index in [1.165, 1.54) is 0 Å². The zero-order valence-corrected chi connectivity index (χ0v) is 11.1. The van der Waals surface area contributed by atoms with Crippen LogP contribution in [0.4, 0.5) is 0 Å². The molecule has 2 atom stereocenters. The first-order valence-corrected chi connectivity index (χ1v) is 6.18. The van der Waals surface area contributed by atoms with Gasteiger partial charge in [-0.1, -0.05) is 6.08 Å². The highest BCUT2D eigenvalue weighted by Crippen LogP contribution is 2.44. The van der Waals surface area contributed by atoms with Crippen LogP contribution in [0.5, 0.6) is 11.5 Å². The highest BCUT2D eigenvalue weighted by atomic mass is 16.6. The number of hydrogen-bond acceptors (Lipinski definition) is 3. The van der Waals surface area contributed by atoms with Gasteiger partial charge in [-0.3, -0.25) is 0 Å². The lowest BCUT2D eigenvalue weighted by Crippen LogP contribution is -2.07. The molecule has 0 radical (unpaired) electrons. The van der Waals surface area contributed by atoms with E-state index in [1.54, 1.807) is 25.1 Å². The number of epoxide rings is 1. The van der Waals surface area contributed by atoms with Crippen LogP contribution < -0.4 is 0 Å². The summed E-state index contributed by atoms with van der Waals surface area (Å²) in [5.74, 6) is 0.391. The second kappa shape index (κ2) is 4.32. The van der Waals surface area contributed by atoms with Crippen LogP contribution in [0.2, 0.25) is 0 Å². The van der Waals surface area contributed by atoms with Gasteiger partial charge in [0.2, 0.25) is 0 Å². The maximum Gasteiger partial charge on any atom is 0.119 e. The lowest BCUT2D eigenvalue weighted by molar-refractivity contribution is 0.317. The summed E-state index contributed by atoms with van der Waals surface area (Å²) >= 11 is 0. The van der Waals surface area contributed by atoms with Crippen LogP contribution in [0.25, 0.3) is 0 Å². The lowest BCUT2D eigenvalue weighted by Gasteiger charge is -2.15. The number of hydrogen-bond donors (Lipinski definition) is 2. The Morgan fingerprint density at radius 2 is 2.00 bits per heavy atom. The minimum absolute atomic E-state index is 0.0109. The quantitative estimate of drug-likeness (QED) is 0.488. The average molecular weight is 248 g/mol. The van der Waals surface area contributed by atoms with Crippen molar-refractivity contribution in [2.24, 2.45) is 0 Å². The maximum absolute atomic E-state index is 9.98. The molecule has 1 aromatic carbocycles. The molecule has 2 N–H and O–H groups in total. The first kappa shape index (κ1) is 13.0. The fourth-order valence-electron chi connectivity index (χ4n) is 2.24. The Bertz CT molecular complexity index is 477. The van der Waals surface area contributed by atoms with E-state index in [-0.39, 0.29) is 29.1 Å². The van der Waals surface area contributed by atoms with Crippen molar-refractivity contribution < 1.29 is 14.9 Å². The monoisotopic (exact) mass is 248 g/mol. The number of phenolic OH excluding ortho intramolecular Hbond substituents is 2. The third kappa shape index (κ3) is 2.36. The van der Waals surface area contributed by atoms with E-state index in [0.717, 1.165) is 6.42 Å². The summed E-state index contributed by atoms with van der Waals surface area (Å²) < 4.78 is 5.56. The Kier molecular flexibility index (Phi) is 3.11. The topological polar surface area (TPSA) is 53.0 Å². The van der Waals surface area contributed by atoms with Crippen molar-refractivity contribution in [1.29, 1.82) is 0 Å². The Morgan fingerprint density at radius 3 is 2.50 bits per heavy atom. The van der Waals surface area contributed by atoms with Crippen molar-refractivity contribution in [2.45, 2.75) is 44.8 Å². The second-order valence-corrected chi connectivity index (χ2v) is 5.49. The maximum atomic E-state index is 9.98. The van der Waals surface area contributed by atoms with Gasteiger partial charge in [-0.2, -0.15) is 0 Å². The molecule has 1 saturated heterocycles. The molecule has 3 nitrogen and oxygen atoms in total. The summed E-state index contributed by atoms with van der Waals surface area (Å²) in [6.07, 6.45) is 2.75. The number of rotatable bonds is 4. The van der Waals surface area contributed by atoms with Gasteiger partial charge >= 0.3 is 0 Å². The number of ether oxygens (including phenoxy) is 1. The Labute approximate surface area is 108 Å². The molecule has 1 heterocycles. The second-order valence-electron chi connectivity index (χ2n) is 5.49. The van der Waals surface area contributed by atoms with Crippen molar-refractivity contribution in [3.63, 3.8) is 0 Å². The van der Waals surface area contributed by atoms with E-state index in [9.17, 15) is 10.2 Å². The van der Waals surface area contributed by atoms with Gasteiger partial charge in [0.1, 0.15) is 11.5 Å². The SMILES string of the molecule is C=CC(CC1OC1(C)C)c1cc(O)c(C)cc1O. The predicted octanol–water partition coefficient (Wildman–Crippen LogP) is 3.24. The molecule has 0 bridgehead atoms. The Balaban J connectivity index is 2.22. The standard InChI is InChI=1S/C15H20O3/c1-5-10(7-14-15(3,4)18-14)11-8-12(16)9(2)6-13(11)17/h5-6,8,10,14,16-17H,1,7H2,2-4H3. The van der Waals surface area contributed by atoms with Crippen LogP contribution in [-0.2, 0) is 4.74 Å². The summed E-state index contributed by atoms with van der Waals surface area (Å²) in [5, 5.41) is 19.7.